The fourth-order valence-electron chi connectivity index (χ4n) is 5.06. The number of hydrogen-bond donors (Lipinski definition) is 3. The van der Waals surface area contributed by atoms with Gasteiger partial charge in [-0.05, 0) is 57.4 Å². The van der Waals surface area contributed by atoms with Crippen molar-refractivity contribution in [3.8, 4) is 22.8 Å². The molecule has 2 fully saturated rings. The summed E-state index contributed by atoms with van der Waals surface area (Å²) in [6.07, 6.45) is 7.31. The minimum Gasteiger partial charge on any atom is -0.494 e. The summed E-state index contributed by atoms with van der Waals surface area (Å²) in [4.78, 5) is 37.2. The highest BCUT2D eigenvalue weighted by molar-refractivity contribution is 6.09. The van der Waals surface area contributed by atoms with E-state index in [9.17, 15) is 14.0 Å². The molecule has 2 heterocycles. The van der Waals surface area contributed by atoms with Crippen molar-refractivity contribution in [2.75, 3.05) is 13.7 Å². The number of H-pyrrole nitrogens is 1. The molecule has 0 aliphatic heterocycles. The number of aromatic nitrogens is 3. The molecule has 2 aromatic heterocycles. The van der Waals surface area contributed by atoms with Gasteiger partial charge < -0.3 is 25.1 Å². The summed E-state index contributed by atoms with van der Waals surface area (Å²) in [5.74, 6) is 0.382. The Morgan fingerprint density at radius 1 is 1.05 bits per heavy atom. The van der Waals surface area contributed by atoms with Gasteiger partial charge in [0.1, 0.15) is 23.3 Å². The Balaban J connectivity index is 1.40. The van der Waals surface area contributed by atoms with E-state index >= 15 is 0 Å². The number of hydrogen-bond acceptors (Lipinski definition) is 6. The second kappa shape index (κ2) is 11.0. The molecule has 0 spiro atoms. The van der Waals surface area contributed by atoms with E-state index in [0.29, 0.717) is 58.2 Å². The quantitative estimate of drug-likeness (QED) is 0.382. The smallest absolute Gasteiger partial charge is 0.255 e. The van der Waals surface area contributed by atoms with Crippen LogP contribution in [0.3, 0.4) is 0 Å². The first-order chi connectivity index (χ1) is 18.4. The lowest BCUT2D eigenvalue weighted by atomic mass is 9.91. The van der Waals surface area contributed by atoms with E-state index in [4.69, 9.17) is 9.47 Å². The zero-order chi connectivity index (χ0) is 26.8. The van der Waals surface area contributed by atoms with Gasteiger partial charge in [0.25, 0.3) is 5.91 Å². The van der Waals surface area contributed by atoms with E-state index in [1.807, 2.05) is 13.8 Å². The molecule has 5 rings (SSSR count). The molecule has 38 heavy (non-hydrogen) atoms. The molecule has 0 bridgehead atoms. The van der Waals surface area contributed by atoms with Gasteiger partial charge >= 0.3 is 0 Å². The summed E-state index contributed by atoms with van der Waals surface area (Å²) in [7, 11) is 1.42. The Bertz CT molecular complexity index is 1340. The first-order valence-corrected chi connectivity index (χ1v) is 13.3. The third-order valence-corrected chi connectivity index (χ3v) is 7.43. The zero-order valence-electron chi connectivity index (χ0n) is 22.0. The maximum atomic E-state index is 14.8. The van der Waals surface area contributed by atoms with Crippen LogP contribution in [0.15, 0.2) is 18.5 Å². The molecular formula is C28H34FN5O4. The molecular weight excluding hydrogens is 489 g/mol. The number of amides is 2. The summed E-state index contributed by atoms with van der Waals surface area (Å²) < 4.78 is 26.0. The fourth-order valence-corrected chi connectivity index (χ4v) is 5.06. The largest absolute Gasteiger partial charge is 0.494 e. The minimum absolute atomic E-state index is 0.0149. The molecule has 0 atom stereocenters. The highest BCUT2D eigenvalue weighted by Gasteiger charge is 2.28. The second-order valence-electron chi connectivity index (χ2n) is 10.3. The van der Waals surface area contributed by atoms with Gasteiger partial charge in [-0.15, -0.1) is 0 Å². The summed E-state index contributed by atoms with van der Waals surface area (Å²) in [5, 5.41) is 6.18. The third-order valence-electron chi connectivity index (χ3n) is 7.43. The Kier molecular flexibility index (Phi) is 7.49. The van der Waals surface area contributed by atoms with E-state index in [2.05, 4.69) is 25.6 Å². The molecule has 3 N–H and O–H groups in total. The number of carbonyl (C=O) groups is 2. The second-order valence-corrected chi connectivity index (χ2v) is 10.3. The molecule has 1 aromatic carbocycles. The number of fused-ring (bicyclic) bond motifs is 1. The van der Waals surface area contributed by atoms with Gasteiger partial charge in [0.2, 0.25) is 5.91 Å². The lowest BCUT2D eigenvalue weighted by molar-refractivity contribution is -0.121. The van der Waals surface area contributed by atoms with Crippen molar-refractivity contribution in [2.24, 2.45) is 5.92 Å². The summed E-state index contributed by atoms with van der Waals surface area (Å²) in [6.45, 7) is 4.20. The Morgan fingerprint density at radius 3 is 2.42 bits per heavy atom. The Hall–Kier alpha value is -3.69. The van der Waals surface area contributed by atoms with Crippen molar-refractivity contribution < 1.29 is 23.5 Å². The standard InChI is InChI=1S/C28H34FN5O4/c1-4-23(35)33-17-7-9-18(10-8-17)34-28(36)24-15(2)32-27-25(30-14-31-26(24)27)19-11-20(29)22(37-3)12-21(19)38-13-16-5-6-16/h11-12,14,16-18,32H,4-10,13H2,1-3H3,(H,33,35)(H,34,36)/t17-,18-. The van der Waals surface area contributed by atoms with Gasteiger partial charge in [-0.25, -0.2) is 14.4 Å². The summed E-state index contributed by atoms with van der Waals surface area (Å²) in [5.41, 5.74) is 3.03. The van der Waals surface area contributed by atoms with Crippen LogP contribution in [0.1, 0.15) is 67.9 Å². The van der Waals surface area contributed by atoms with Crippen LogP contribution in [0.4, 0.5) is 4.39 Å². The first-order valence-electron chi connectivity index (χ1n) is 13.3. The highest BCUT2D eigenvalue weighted by Crippen LogP contribution is 2.39. The number of aromatic amines is 1. The van der Waals surface area contributed by atoms with Crippen LogP contribution in [-0.4, -0.2) is 52.6 Å². The summed E-state index contributed by atoms with van der Waals surface area (Å²) >= 11 is 0. The maximum absolute atomic E-state index is 14.8. The molecule has 2 aliphatic carbocycles. The number of ether oxygens (including phenoxy) is 2. The van der Waals surface area contributed by atoms with Crippen molar-refractivity contribution >= 4 is 22.8 Å². The predicted octanol–water partition coefficient (Wildman–Crippen LogP) is 4.44. The molecule has 2 amide bonds. The van der Waals surface area contributed by atoms with E-state index in [0.717, 1.165) is 38.5 Å². The van der Waals surface area contributed by atoms with Gasteiger partial charge in [-0.1, -0.05) is 6.92 Å². The van der Waals surface area contributed by atoms with E-state index in [1.54, 1.807) is 6.07 Å². The topological polar surface area (TPSA) is 118 Å². The van der Waals surface area contributed by atoms with Crippen molar-refractivity contribution in [1.82, 2.24) is 25.6 Å². The lowest BCUT2D eigenvalue weighted by Gasteiger charge is -2.29. The van der Waals surface area contributed by atoms with Crippen molar-refractivity contribution in [3.63, 3.8) is 0 Å². The summed E-state index contributed by atoms with van der Waals surface area (Å²) in [6, 6.07) is 3.07. The van der Waals surface area contributed by atoms with Gasteiger partial charge in [-0.2, -0.15) is 0 Å². The number of aryl methyl sites for hydroxylation is 1. The van der Waals surface area contributed by atoms with Crippen molar-refractivity contribution in [2.45, 2.75) is 70.9 Å². The lowest BCUT2D eigenvalue weighted by Crippen LogP contribution is -2.43. The zero-order valence-corrected chi connectivity index (χ0v) is 22.0. The number of benzene rings is 1. The van der Waals surface area contributed by atoms with Crippen LogP contribution >= 0.6 is 0 Å². The van der Waals surface area contributed by atoms with E-state index in [-0.39, 0.29) is 29.6 Å². The number of carbonyl (C=O) groups excluding carboxylic acids is 2. The highest BCUT2D eigenvalue weighted by atomic mass is 19.1. The van der Waals surface area contributed by atoms with Crippen LogP contribution < -0.4 is 20.1 Å². The molecule has 2 saturated carbocycles. The van der Waals surface area contributed by atoms with Gasteiger partial charge in [0.15, 0.2) is 11.6 Å². The van der Waals surface area contributed by atoms with Crippen LogP contribution in [-0.2, 0) is 4.79 Å². The van der Waals surface area contributed by atoms with Crippen molar-refractivity contribution in [1.29, 1.82) is 0 Å². The third kappa shape index (κ3) is 5.44. The molecule has 0 radical (unpaired) electrons. The van der Waals surface area contributed by atoms with E-state index < -0.39 is 5.82 Å². The van der Waals surface area contributed by atoms with Gasteiger partial charge in [-0.3, -0.25) is 9.59 Å². The Morgan fingerprint density at radius 2 is 1.76 bits per heavy atom. The molecule has 9 nitrogen and oxygen atoms in total. The van der Waals surface area contributed by atoms with Crippen LogP contribution in [0.25, 0.3) is 22.3 Å². The normalized spacial score (nSPS) is 19.3. The molecule has 3 aromatic rings. The molecule has 0 saturated heterocycles. The molecule has 0 unspecified atom stereocenters. The minimum atomic E-state index is -0.528. The first kappa shape index (κ1) is 25.9. The monoisotopic (exact) mass is 523 g/mol. The number of methoxy groups -OCH3 is 1. The van der Waals surface area contributed by atoms with Gasteiger partial charge in [0, 0.05) is 35.8 Å². The number of halogens is 1. The fraction of sp³-hybridized carbons (Fsp3) is 0.500. The van der Waals surface area contributed by atoms with E-state index in [1.165, 1.54) is 19.5 Å². The van der Waals surface area contributed by atoms with Crippen LogP contribution in [0, 0.1) is 18.7 Å². The average Bonchev–Trinajstić information content (AvgIpc) is 3.68. The molecule has 202 valence electrons. The number of nitrogens with one attached hydrogen (secondary N) is 3. The molecule has 10 heteroatoms. The van der Waals surface area contributed by atoms with Crippen molar-refractivity contribution in [3.05, 3.63) is 35.5 Å². The average molecular weight is 524 g/mol. The van der Waals surface area contributed by atoms with Gasteiger partial charge in [0.05, 0.1) is 24.8 Å². The molecule has 2 aliphatic rings. The Labute approximate surface area is 220 Å². The maximum Gasteiger partial charge on any atom is 0.255 e. The number of rotatable bonds is 9. The predicted molar refractivity (Wildman–Crippen MR) is 141 cm³/mol. The number of nitrogens with zero attached hydrogens (tertiary/aromatic N) is 2. The SMILES string of the molecule is CCC(=O)N[C@H]1CC[C@H](NC(=O)c2c(C)[nH]c3c(-c4cc(F)c(OC)cc4OCC4CC4)ncnc23)CC1. The van der Waals surface area contributed by atoms with Crippen LogP contribution in [0.2, 0.25) is 0 Å². The van der Waals surface area contributed by atoms with Crippen LogP contribution in [0.5, 0.6) is 11.5 Å².